The average molecular weight is 456 g/mol. The fourth-order valence-electron chi connectivity index (χ4n) is 5.99. The largest absolute Gasteiger partial charge is 0.406 e. The first kappa shape index (κ1) is 22.0. The number of amides is 1. The summed E-state index contributed by atoms with van der Waals surface area (Å²) in [6, 6.07) is 15.6. The number of hydrogen-bond acceptors (Lipinski definition) is 2. The van der Waals surface area contributed by atoms with Gasteiger partial charge in [0.2, 0.25) is 0 Å². The van der Waals surface area contributed by atoms with Crippen molar-refractivity contribution in [3.63, 3.8) is 0 Å². The lowest BCUT2D eigenvalue weighted by Crippen LogP contribution is -2.53. The molecule has 1 amide bonds. The summed E-state index contributed by atoms with van der Waals surface area (Å²) in [5.41, 5.74) is 2.41. The van der Waals surface area contributed by atoms with Gasteiger partial charge in [-0.1, -0.05) is 43.3 Å². The Kier molecular flexibility index (Phi) is 5.67. The summed E-state index contributed by atoms with van der Waals surface area (Å²) in [7, 11) is 0. The van der Waals surface area contributed by atoms with E-state index < -0.39 is 12.7 Å². The fraction of sp³-hybridized carbons (Fsp3) is 0.462. The van der Waals surface area contributed by atoms with Crippen LogP contribution in [0.15, 0.2) is 54.9 Å². The monoisotopic (exact) mass is 455 g/mol. The van der Waals surface area contributed by atoms with Gasteiger partial charge in [0.1, 0.15) is 12.1 Å². The molecule has 1 aromatic heterocycles. The first-order valence-corrected chi connectivity index (χ1v) is 11.7. The van der Waals surface area contributed by atoms with Gasteiger partial charge in [-0.05, 0) is 61.1 Å². The van der Waals surface area contributed by atoms with Crippen molar-refractivity contribution in [2.45, 2.75) is 57.3 Å². The smallest absolute Gasteiger partial charge is 0.335 e. The van der Waals surface area contributed by atoms with Crippen molar-refractivity contribution in [3.05, 3.63) is 66.0 Å². The predicted octanol–water partition coefficient (Wildman–Crippen LogP) is 6.03. The molecule has 2 aromatic carbocycles. The second-order valence-corrected chi connectivity index (χ2v) is 9.61. The third kappa shape index (κ3) is 4.25. The van der Waals surface area contributed by atoms with Gasteiger partial charge in [-0.3, -0.25) is 4.79 Å². The van der Waals surface area contributed by atoms with Crippen molar-refractivity contribution in [2.75, 3.05) is 6.54 Å². The number of alkyl halides is 3. The number of carbonyl (C=O) groups excluding carboxylic acids is 1. The van der Waals surface area contributed by atoms with Crippen LogP contribution in [0.25, 0.3) is 11.0 Å². The number of fused-ring (bicyclic) bond motifs is 2. The number of halogens is 3. The summed E-state index contributed by atoms with van der Waals surface area (Å²) in [6.45, 7) is 1.81. The summed E-state index contributed by atoms with van der Waals surface area (Å²) < 4.78 is 40.0. The molecule has 1 saturated heterocycles. The van der Waals surface area contributed by atoms with Crippen LogP contribution in [0.3, 0.4) is 0 Å². The van der Waals surface area contributed by atoms with Crippen LogP contribution in [0.1, 0.15) is 54.4 Å². The van der Waals surface area contributed by atoms with Crippen LogP contribution in [-0.4, -0.2) is 39.1 Å². The fourth-order valence-corrected chi connectivity index (χ4v) is 5.99. The molecule has 2 fully saturated rings. The number of imidazole rings is 1. The van der Waals surface area contributed by atoms with Gasteiger partial charge >= 0.3 is 6.18 Å². The minimum Gasteiger partial charge on any atom is -0.335 e. The molecule has 4 nitrogen and oxygen atoms in total. The van der Waals surface area contributed by atoms with Crippen LogP contribution in [0, 0.1) is 11.8 Å². The lowest BCUT2D eigenvalue weighted by Gasteiger charge is -2.49. The van der Waals surface area contributed by atoms with Gasteiger partial charge in [0.05, 0.1) is 17.4 Å². The molecule has 5 rings (SSSR count). The van der Waals surface area contributed by atoms with Gasteiger partial charge in [-0.25, -0.2) is 4.98 Å². The molecule has 0 N–H and O–H groups in total. The van der Waals surface area contributed by atoms with Crippen molar-refractivity contribution in [3.8, 4) is 0 Å². The van der Waals surface area contributed by atoms with Crippen LogP contribution in [-0.2, 0) is 6.54 Å². The molecule has 2 aliphatic rings. The summed E-state index contributed by atoms with van der Waals surface area (Å²) in [6.07, 6.45) is 0.845. The molecule has 33 heavy (non-hydrogen) atoms. The molecule has 1 aliphatic heterocycles. The molecular weight excluding hydrogens is 427 g/mol. The summed E-state index contributed by atoms with van der Waals surface area (Å²) in [4.78, 5) is 19.9. The molecule has 1 saturated carbocycles. The zero-order valence-electron chi connectivity index (χ0n) is 18.6. The van der Waals surface area contributed by atoms with E-state index in [2.05, 4.69) is 36.2 Å². The maximum Gasteiger partial charge on any atom is 0.406 e. The lowest BCUT2D eigenvalue weighted by molar-refractivity contribution is -0.139. The van der Waals surface area contributed by atoms with Gasteiger partial charge in [0.25, 0.3) is 5.91 Å². The molecule has 3 aromatic rings. The third-order valence-corrected chi connectivity index (χ3v) is 7.44. The third-order valence-electron chi connectivity index (χ3n) is 7.44. The predicted molar refractivity (Wildman–Crippen MR) is 121 cm³/mol. The summed E-state index contributed by atoms with van der Waals surface area (Å²) >= 11 is 0. The first-order valence-electron chi connectivity index (χ1n) is 11.7. The van der Waals surface area contributed by atoms with E-state index in [1.165, 1.54) is 11.9 Å². The molecule has 1 aliphatic carbocycles. The quantitative estimate of drug-likeness (QED) is 0.483. The molecule has 7 heteroatoms. The van der Waals surface area contributed by atoms with Crippen molar-refractivity contribution in [2.24, 2.45) is 11.8 Å². The lowest BCUT2D eigenvalue weighted by atomic mass is 9.67. The van der Waals surface area contributed by atoms with E-state index >= 15 is 0 Å². The molecule has 0 radical (unpaired) electrons. The Morgan fingerprint density at radius 1 is 1.06 bits per heavy atom. The summed E-state index contributed by atoms with van der Waals surface area (Å²) in [5, 5.41) is 0. The standard InChI is InChI=1S/C26H28F3N3O/c1-17-10-11-22-21(14-17)19(18-6-3-2-4-7-18)12-13-32(22)25(33)20-8-5-9-23-24(20)30-16-31(23)15-26(27,28)29/h2-9,16-17,19,21-22H,10-15H2,1H3/t17?,19?,21-,22-/m1/s1. The highest BCUT2D eigenvalue weighted by Gasteiger charge is 2.43. The average Bonchev–Trinajstić information content (AvgIpc) is 3.19. The molecule has 2 unspecified atom stereocenters. The van der Waals surface area contributed by atoms with Crippen LogP contribution >= 0.6 is 0 Å². The van der Waals surface area contributed by atoms with E-state index in [4.69, 9.17) is 0 Å². The zero-order valence-corrected chi connectivity index (χ0v) is 18.6. The number of piperidine rings is 1. The molecule has 2 heterocycles. The SMILES string of the molecule is CC1CC[C@@H]2[C@H](C1)C(c1ccccc1)CCN2C(=O)c1cccc2c1ncn2CC(F)(F)F. The van der Waals surface area contributed by atoms with E-state index in [-0.39, 0.29) is 11.9 Å². The minimum absolute atomic E-state index is 0.117. The van der Waals surface area contributed by atoms with E-state index in [0.29, 0.717) is 40.9 Å². The maximum absolute atomic E-state index is 13.7. The maximum atomic E-state index is 13.7. The van der Waals surface area contributed by atoms with E-state index in [1.807, 2.05) is 11.0 Å². The van der Waals surface area contributed by atoms with Crippen molar-refractivity contribution in [1.29, 1.82) is 0 Å². The van der Waals surface area contributed by atoms with Gasteiger partial charge in [0.15, 0.2) is 0 Å². The second kappa shape index (κ2) is 8.50. The minimum atomic E-state index is -4.35. The Labute approximate surface area is 191 Å². The van der Waals surface area contributed by atoms with Gasteiger partial charge in [0, 0.05) is 12.6 Å². The van der Waals surface area contributed by atoms with Gasteiger partial charge in [-0.15, -0.1) is 0 Å². The van der Waals surface area contributed by atoms with Crippen LogP contribution in [0.2, 0.25) is 0 Å². The van der Waals surface area contributed by atoms with E-state index in [0.717, 1.165) is 30.3 Å². The second-order valence-electron chi connectivity index (χ2n) is 9.61. The topological polar surface area (TPSA) is 38.1 Å². The molecule has 0 bridgehead atoms. The van der Waals surface area contributed by atoms with Crippen molar-refractivity contribution < 1.29 is 18.0 Å². The van der Waals surface area contributed by atoms with Crippen molar-refractivity contribution in [1.82, 2.24) is 14.5 Å². The van der Waals surface area contributed by atoms with E-state index in [1.54, 1.807) is 18.2 Å². The number of benzene rings is 2. The number of carbonyl (C=O) groups is 1. The van der Waals surface area contributed by atoms with Gasteiger partial charge in [-0.2, -0.15) is 13.2 Å². The molecule has 174 valence electrons. The number of hydrogen-bond donors (Lipinski definition) is 0. The van der Waals surface area contributed by atoms with Crippen LogP contribution in [0.4, 0.5) is 13.2 Å². The Morgan fingerprint density at radius 2 is 1.85 bits per heavy atom. The van der Waals surface area contributed by atoms with E-state index in [9.17, 15) is 18.0 Å². The normalized spacial score (nSPS) is 25.8. The van der Waals surface area contributed by atoms with Crippen LogP contribution in [0.5, 0.6) is 0 Å². The number of nitrogens with zero attached hydrogens (tertiary/aromatic N) is 3. The molecule has 0 spiro atoms. The Balaban J connectivity index is 1.46. The molecular formula is C26H28F3N3O. The Morgan fingerprint density at radius 3 is 2.61 bits per heavy atom. The summed E-state index contributed by atoms with van der Waals surface area (Å²) in [5.74, 6) is 1.31. The van der Waals surface area contributed by atoms with Gasteiger partial charge < -0.3 is 9.47 Å². The first-order chi connectivity index (χ1) is 15.8. The van der Waals surface area contributed by atoms with Crippen LogP contribution < -0.4 is 0 Å². The number of aromatic nitrogens is 2. The Hall–Kier alpha value is -2.83. The highest BCUT2D eigenvalue weighted by molar-refractivity contribution is 6.05. The highest BCUT2D eigenvalue weighted by Crippen LogP contribution is 2.46. The number of likely N-dealkylation sites (tertiary alicyclic amines) is 1. The number of para-hydroxylation sites is 1. The highest BCUT2D eigenvalue weighted by atomic mass is 19.4. The van der Waals surface area contributed by atoms with Crippen molar-refractivity contribution >= 4 is 16.9 Å². The zero-order chi connectivity index (χ0) is 23.2. The molecule has 4 atom stereocenters. The Bertz CT molecular complexity index is 1140. The number of rotatable bonds is 3.